The molecular formula is C18H24N2O2. The fraction of sp³-hybridized carbons (Fsp3) is 0.611. The molecule has 3 fully saturated rings. The van der Waals surface area contributed by atoms with Gasteiger partial charge in [-0.2, -0.15) is 0 Å². The second-order valence-corrected chi connectivity index (χ2v) is 7.45. The number of nitrogens with one attached hydrogen (secondary N) is 1. The van der Waals surface area contributed by atoms with Gasteiger partial charge >= 0.3 is 0 Å². The molecule has 3 aliphatic carbocycles. The van der Waals surface area contributed by atoms with Crippen molar-refractivity contribution in [1.29, 1.82) is 0 Å². The molecule has 1 heterocycles. The van der Waals surface area contributed by atoms with Crippen LogP contribution in [-0.4, -0.2) is 25.8 Å². The van der Waals surface area contributed by atoms with E-state index in [-0.39, 0.29) is 0 Å². The summed E-state index contributed by atoms with van der Waals surface area (Å²) in [4.78, 5) is 4.91. The lowest BCUT2D eigenvalue weighted by Crippen LogP contribution is -2.60. The molecule has 0 amide bonds. The summed E-state index contributed by atoms with van der Waals surface area (Å²) in [5.41, 5.74) is 1.40. The largest absolute Gasteiger partial charge is 0.497 e. The lowest BCUT2D eigenvalue weighted by molar-refractivity contribution is -0.116. The Hall–Kier alpha value is -1.71. The van der Waals surface area contributed by atoms with Gasteiger partial charge in [-0.1, -0.05) is 19.9 Å². The molecule has 4 aliphatic rings. The highest BCUT2D eigenvalue weighted by atomic mass is 16.5. The minimum Gasteiger partial charge on any atom is -0.497 e. The standard InChI is InChI=1S/C18H24N2O2/c1-18(2)12-7-11-10-22-17(20-16(11)15(18)8-12)19-13-5-4-6-14(9-13)21-3/h4-6,9,11-12,15-16H,7-8,10H2,1-3H3,(H,19,20)/t11-,12-,15+,16+/m1/s1. The molecule has 3 saturated carbocycles. The van der Waals surface area contributed by atoms with Gasteiger partial charge in [0.2, 0.25) is 0 Å². The van der Waals surface area contributed by atoms with Crippen LogP contribution in [0.1, 0.15) is 26.7 Å². The van der Waals surface area contributed by atoms with E-state index in [0.717, 1.165) is 24.0 Å². The van der Waals surface area contributed by atoms with Gasteiger partial charge < -0.3 is 14.8 Å². The molecule has 1 aliphatic heterocycles. The van der Waals surface area contributed by atoms with E-state index in [9.17, 15) is 0 Å². The highest BCUT2D eigenvalue weighted by molar-refractivity contribution is 5.89. The van der Waals surface area contributed by atoms with Crippen molar-refractivity contribution < 1.29 is 9.47 Å². The molecule has 0 spiro atoms. The summed E-state index contributed by atoms with van der Waals surface area (Å²) in [6.45, 7) is 5.61. The Labute approximate surface area is 131 Å². The van der Waals surface area contributed by atoms with Crippen LogP contribution in [0.3, 0.4) is 0 Å². The normalized spacial score (nSPS) is 34.6. The fourth-order valence-electron chi connectivity index (χ4n) is 4.48. The third-order valence-electron chi connectivity index (χ3n) is 6.05. The number of nitrogens with zero attached hydrogens (tertiary/aromatic N) is 1. The number of methoxy groups -OCH3 is 1. The number of amidine groups is 1. The second-order valence-electron chi connectivity index (χ2n) is 7.45. The average Bonchev–Trinajstić information content (AvgIpc) is 2.54. The zero-order chi connectivity index (χ0) is 15.3. The van der Waals surface area contributed by atoms with Crippen LogP contribution in [0.5, 0.6) is 5.75 Å². The molecule has 0 radical (unpaired) electrons. The Balaban J connectivity index is 1.53. The topological polar surface area (TPSA) is 42.8 Å². The Morgan fingerprint density at radius 3 is 2.95 bits per heavy atom. The summed E-state index contributed by atoms with van der Waals surface area (Å²) >= 11 is 0. The first-order valence-corrected chi connectivity index (χ1v) is 8.19. The molecule has 0 saturated heterocycles. The van der Waals surface area contributed by atoms with Gasteiger partial charge in [0.25, 0.3) is 6.02 Å². The first-order valence-electron chi connectivity index (χ1n) is 8.19. The predicted molar refractivity (Wildman–Crippen MR) is 87.3 cm³/mol. The van der Waals surface area contributed by atoms with Crippen molar-refractivity contribution in [3.63, 3.8) is 0 Å². The number of hydrogen-bond donors (Lipinski definition) is 1. The summed E-state index contributed by atoms with van der Waals surface area (Å²) in [6, 6.07) is 8.95. The number of rotatable bonds is 2. The molecule has 5 rings (SSSR count). The molecule has 1 aromatic rings. The SMILES string of the molecule is COc1cccc(NC2=N[C@H]3[C@@H](CO2)C[C@@H]2C[C@@H]3C2(C)C)c1. The van der Waals surface area contributed by atoms with Crippen molar-refractivity contribution >= 4 is 11.7 Å². The molecule has 2 bridgehead atoms. The van der Waals surface area contributed by atoms with Gasteiger partial charge in [0.1, 0.15) is 5.75 Å². The molecule has 118 valence electrons. The molecular weight excluding hydrogens is 276 g/mol. The van der Waals surface area contributed by atoms with E-state index in [1.54, 1.807) is 7.11 Å². The molecule has 1 aromatic carbocycles. The summed E-state index contributed by atoms with van der Waals surface area (Å²) in [5.74, 6) is 3.01. The zero-order valence-corrected chi connectivity index (χ0v) is 13.5. The van der Waals surface area contributed by atoms with Crippen molar-refractivity contribution in [2.45, 2.75) is 32.7 Å². The fourth-order valence-corrected chi connectivity index (χ4v) is 4.48. The van der Waals surface area contributed by atoms with Gasteiger partial charge in [0.15, 0.2) is 0 Å². The summed E-state index contributed by atoms with van der Waals surface area (Å²) in [7, 11) is 1.68. The van der Waals surface area contributed by atoms with Crippen LogP contribution in [-0.2, 0) is 4.74 Å². The smallest absolute Gasteiger partial charge is 0.289 e. The van der Waals surface area contributed by atoms with Gasteiger partial charge in [-0.15, -0.1) is 0 Å². The Bertz CT molecular complexity index is 611. The Kier molecular flexibility index (Phi) is 3.10. The average molecular weight is 300 g/mol. The van der Waals surface area contributed by atoms with Gasteiger partial charge in [0, 0.05) is 17.7 Å². The maximum Gasteiger partial charge on any atom is 0.289 e. The zero-order valence-electron chi connectivity index (χ0n) is 13.5. The van der Waals surface area contributed by atoms with Crippen LogP contribution in [0.15, 0.2) is 29.3 Å². The van der Waals surface area contributed by atoms with E-state index in [4.69, 9.17) is 14.5 Å². The van der Waals surface area contributed by atoms with E-state index in [2.05, 4.69) is 19.2 Å². The predicted octanol–water partition coefficient (Wildman–Crippen LogP) is 3.54. The van der Waals surface area contributed by atoms with Crippen molar-refractivity contribution in [3.8, 4) is 5.75 Å². The molecule has 0 aromatic heterocycles. The maximum atomic E-state index is 5.86. The van der Waals surface area contributed by atoms with Crippen molar-refractivity contribution in [2.24, 2.45) is 28.2 Å². The van der Waals surface area contributed by atoms with Crippen LogP contribution in [0, 0.1) is 23.2 Å². The third kappa shape index (κ3) is 2.08. The monoisotopic (exact) mass is 300 g/mol. The van der Waals surface area contributed by atoms with Crippen LogP contribution in [0.4, 0.5) is 5.69 Å². The minimum atomic E-state index is 0.418. The lowest BCUT2D eigenvalue weighted by Gasteiger charge is -2.62. The van der Waals surface area contributed by atoms with Gasteiger partial charge in [-0.25, -0.2) is 4.99 Å². The van der Waals surface area contributed by atoms with Gasteiger partial charge in [-0.3, -0.25) is 0 Å². The van der Waals surface area contributed by atoms with Crippen molar-refractivity contribution in [1.82, 2.24) is 0 Å². The number of hydrogen-bond acceptors (Lipinski definition) is 4. The first kappa shape index (κ1) is 13.9. The number of ether oxygens (including phenoxy) is 2. The third-order valence-corrected chi connectivity index (χ3v) is 6.05. The molecule has 4 heteroatoms. The van der Waals surface area contributed by atoms with Gasteiger partial charge in [0.05, 0.1) is 19.8 Å². The number of aliphatic imine (C=N–C) groups is 1. The molecule has 1 N–H and O–H groups in total. The van der Waals surface area contributed by atoms with E-state index in [1.807, 2.05) is 24.3 Å². The maximum absolute atomic E-state index is 5.86. The Morgan fingerprint density at radius 1 is 1.32 bits per heavy atom. The van der Waals surface area contributed by atoms with Crippen LogP contribution in [0.25, 0.3) is 0 Å². The number of benzene rings is 1. The summed E-state index contributed by atoms with van der Waals surface area (Å²) in [6.07, 6.45) is 2.61. The Morgan fingerprint density at radius 2 is 2.18 bits per heavy atom. The molecule has 4 nitrogen and oxygen atoms in total. The highest BCUT2D eigenvalue weighted by Gasteiger charge is 2.58. The summed E-state index contributed by atoms with van der Waals surface area (Å²) in [5, 5.41) is 3.30. The molecule has 22 heavy (non-hydrogen) atoms. The van der Waals surface area contributed by atoms with E-state index < -0.39 is 0 Å². The highest BCUT2D eigenvalue weighted by Crippen LogP contribution is 2.61. The molecule has 0 unspecified atom stereocenters. The lowest BCUT2D eigenvalue weighted by atomic mass is 9.45. The van der Waals surface area contributed by atoms with Crippen LogP contribution in [0.2, 0.25) is 0 Å². The minimum absolute atomic E-state index is 0.418. The number of anilines is 1. The van der Waals surface area contributed by atoms with Gasteiger partial charge in [-0.05, 0) is 42.2 Å². The van der Waals surface area contributed by atoms with Crippen molar-refractivity contribution in [3.05, 3.63) is 24.3 Å². The second kappa shape index (κ2) is 4.90. The van der Waals surface area contributed by atoms with Crippen LogP contribution < -0.4 is 10.1 Å². The molecule has 4 atom stereocenters. The van der Waals surface area contributed by atoms with Crippen molar-refractivity contribution in [2.75, 3.05) is 19.0 Å². The van der Waals surface area contributed by atoms with Crippen LogP contribution >= 0.6 is 0 Å². The summed E-state index contributed by atoms with van der Waals surface area (Å²) < 4.78 is 11.1. The first-order chi connectivity index (χ1) is 10.6. The van der Waals surface area contributed by atoms with E-state index in [1.165, 1.54) is 12.8 Å². The van der Waals surface area contributed by atoms with E-state index in [0.29, 0.717) is 29.3 Å². The quantitative estimate of drug-likeness (QED) is 0.908. The van der Waals surface area contributed by atoms with E-state index >= 15 is 0 Å².